The number of benzene rings is 2. The lowest BCUT2D eigenvalue weighted by atomic mass is 10.1. The van der Waals surface area contributed by atoms with E-state index in [9.17, 15) is 20.0 Å². The lowest BCUT2D eigenvalue weighted by Crippen LogP contribution is -2.19. The number of amides is 1. The van der Waals surface area contributed by atoms with Crippen LogP contribution in [0.3, 0.4) is 0 Å². The Morgan fingerprint density at radius 1 is 1.17 bits per heavy atom. The van der Waals surface area contributed by atoms with Gasteiger partial charge >= 0.3 is 0 Å². The van der Waals surface area contributed by atoms with E-state index in [1.807, 2.05) is 0 Å². The van der Waals surface area contributed by atoms with E-state index in [-0.39, 0.29) is 23.6 Å². The molecule has 0 saturated carbocycles. The molecule has 8 nitrogen and oxygen atoms in total. The Bertz CT molecular complexity index is 756. The second kappa shape index (κ2) is 7.03. The molecule has 0 saturated heterocycles. The number of hydrogen-bond donors (Lipinski definition) is 3. The van der Waals surface area contributed by atoms with E-state index in [4.69, 9.17) is 5.11 Å². The summed E-state index contributed by atoms with van der Waals surface area (Å²) in [6.45, 7) is 0. The van der Waals surface area contributed by atoms with Crippen LogP contribution >= 0.6 is 0 Å². The summed E-state index contributed by atoms with van der Waals surface area (Å²) in [5.74, 6) is -0.923. The number of phenols is 2. The molecule has 2 aromatic rings. The average molecular weight is 315 g/mol. The molecule has 0 bridgehead atoms. The summed E-state index contributed by atoms with van der Waals surface area (Å²) >= 11 is 0. The van der Waals surface area contributed by atoms with Gasteiger partial charge in [-0.3, -0.25) is 14.9 Å². The van der Waals surface area contributed by atoms with Gasteiger partial charge in [0, 0.05) is 12.1 Å². The van der Waals surface area contributed by atoms with Gasteiger partial charge in [-0.25, -0.2) is 5.43 Å². The molecule has 0 heterocycles. The number of nitrogens with zero attached hydrogens (tertiary/aromatic N) is 2. The quantitative estimate of drug-likeness (QED) is 0.335. The minimum Gasteiger partial charge on any atom is -0.504 e. The minimum atomic E-state index is -0.513. The lowest BCUT2D eigenvalue weighted by Gasteiger charge is -2.01. The molecular weight excluding hydrogens is 302 g/mol. The van der Waals surface area contributed by atoms with Crippen LogP contribution in [0.4, 0.5) is 5.69 Å². The Balaban J connectivity index is 1.90. The Morgan fingerprint density at radius 3 is 2.48 bits per heavy atom. The van der Waals surface area contributed by atoms with Crippen molar-refractivity contribution in [3.8, 4) is 11.5 Å². The van der Waals surface area contributed by atoms with Gasteiger partial charge in [0.05, 0.1) is 17.6 Å². The first-order valence-corrected chi connectivity index (χ1v) is 6.53. The van der Waals surface area contributed by atoms with Crippen molar-refractivity contribution in [2.24, 2.45) is 5.10 Å². The third-order valence-corrected chi connectivity index (χ3v) is 2.91. The van der Waals surface area contributed by atoms with E-state index in [0.717, 1.165) is 0 Å². The number of carbonyl (C=O) groups excluding carboxylic acids is 1. The molecule has 0 fully saturated rings. The predicted octanol–water partition coefficient (Wildman–Crippen LogP) is 1.70. The maximum Gasteiger partial charge on any atom is 0.269 e. The number of rotatable bonds is 5. The smallest absolute Gasteiger partial charge is 0.269 e. The van der Waals surface area contributed by atoms with Crippen molar-refractivity contribution in [1.29, 1.82) is 0 Å². The van der Waals surface area contributed by atoms with Crippen molar-refractivity contribution in [1.82, 2.24) is 5.43 Å². The van der Waals surface area contributed by atoms with Gasteiger partial charge in [-0.05, 0) is 29.3 Å². The highest BCUT2D eigenvalue weighted by molar-refractivity contribution is 5.84. The highest BCUT2D eigenvalue weighted by Gasteiger charge is 2.06. The Labute approximate surface area is 130 Å². The first-order valence-electron chi connectivity index (χ1n) is 6.53. The van der Waals surface area contributed by atoms with Crippen LogP contribution in [0, 0.1) is 10.1 Å². The van der Waals surface area contributed by atoms with Crippen LogP contribution in [0.2, 0.25) is 0 Å². The number of nitrogens with one attached hydrogen (secondary N) is 1. The number of phenolic OH excluding ortho intramolecular Hbond substituents is 2. The molecule has 0 atom stereocenters. The highest BCUT2D eigenvalue weighted by Crippen LogP contribution is 2.23. The zero-order chi connectivity index (χ0) is 16.8. The first kappa shape index (κ1) is 16.0. The molecule has 0 aliphatic heterocycles. The summed E-state index contributed by atoms with van der Waals surface area (Å²) < 4.78 is 0. The van der Waals surface area contributed by atoms with Gasteiger partial charge in [0.2, 0.25) is 5.91 Å². The summed E-state index contributed by atoms with van der Waals surface area (Å²) in [7, 11) is 0. The van der Waals surface area contributed by atoms with Crippen molar-refractivity contribution < 1.29 is 19.9 Å². The van der Waals surface area contributed by atoms with Crippen LogP contribution in [-0.2, 0) is 11.2 Å². The Kier molecular flexibility index (Phi) is 4.88. The molecule has 8 heteroatoms. The molecule has 0 aromatic heterocycles. The summed E-state index contributed by atoms with van der Waals surface area (Å²) in [6, 6.07) is 9.76. The fourth-order valence-corrected chi connectivity index (χ4v) is 1.76. The van der Waals surface area contributed by atoms with Gasteiger partial charge in [0.15, 0.2) is 11.5 Å². The van der Waals surface area contributed by atoms with E-state index in [1.165, 1.54) is 48.7 Å². The van der Waals surface area contributed by atoms with E-state index < -0.39 is 10.8 Å². The number of non-ortho nitro benzene ring substituents is 1. The monoisotopic (exact) mass is 315 g/mol. The molecule has 0 aliphatic carbocycles. The van der Waals surface area contributed by atoms with E-state index in [2.05, 4.69) is 10.5 Å². The van der Waals surface area contributed by atoms with Gasteiger partial charge in [-0.15, -0.1) is 0 Å². The van der Waals surface area contributed by atoms with E-state index in [1.54, 1.807) is 0 Å². The van der Waals surface area contributed by atoms with Gasteiger partial charge in [-0.2, -0.15) is 5.10 Å². The molecule has 0 radical (unpaired) electrons. The van der Waals surface area contributed by atoms with Gasteiger partial charge < -0.3 is 10.2 Å². The lowest BCUT2D eigenvalue weighted by molar-refractivity contribution is -0.384. The third kappa shape index (κ3) is 4.53. The van der Waals surface area contributed by atoms with Crippen molar-refractivity contribution in [3.05, 3.63) is 63.7 Å². The molecular formula is C15H13N3O5. The largest absolute Gasteiger partial charge is 0.504 e. The molecule has 2 rings (SSSR count). The van der Waals surface area contributed by atoms with Crippen molar-refractivity contribution >= 4 is 17.8 Å². The highest BCUT2D eigenvalue weighted by atomic mass is 16.6. The van der Waals surface area contributed by atoms with Crippen LogP contribution in [-0.4, -0.2) is 27.3 Å². The van der Waals surface area contributed by atoms with E-state index in [0.29, 0.717) is 11.1 Å². The van der Waals surface area contributed by atoms with Crippen LogP contribution in [0.5, 0.6) is 11.5 Å². The topological polar surface area (TPSA) is 125 Å². The molecule has 0 spiro atoms. The second-order valence-corrected chi connectivity index (χ2v) is 4.64. The number of carbonyl (C=O) groups is 1. The van der Waals surface area contributed by atoms with Crippen LogP contribution in [0.15, 0.2) is 47.6 Å². The fourth-order valence-electron chi connectivity index (χ4n) is 1.76. The summed E-state index contributed by atoms with van der Waals surface area (Å²) in [4.78, 5) is 21.7. The van der Waals surface area contributed by atoms with Crippen LogP contribution in [0.1, 0.15) is 11.1 Å². The number of nitro benzene ring substituents is 1. The molecule has 0 unspecified atom stereocenters. The number of hydrazone groups is 1. The Hall–Kier alpha value is -3.42. The maximum atomic E-state index is 11.7. The first-order chi connectivity index (χ1) is 11.0. The fraction of sp³-hybridized carbons (Fsp3) is 0.0667. The molecule has 1 amide bonds. The third-order valence-electron chi connectivity index (χ3n) is 2.91. The van der Waals surface area contributed by atoms with Crippen molar-refractivity contribution in [3.63, 3.8) is 0 Å². The summed E-state index contributed by atoms with van der Waals surface area (Å²) in [5.41, 5.74) is 3.37. The van der Waals surface area contributed by atoms with E-state index >= 15 is 0 Å². The maximum absolute atomic E-state index is 11.7. The average Bonchev–Trinajstić information content (AvgIpc) is 2.51. The molecule has 2 aromatic carbocycles. The summed E-state index contributed by atoms with van der Waals surface area (Å²) in [6.07, 6.45) is 1.34. The molecule has 3 N–H and O–H groups in total. The zero-order valence-corrected chi connectivity index (χ0v) is 11.8. The molecule has 23 heavy (non-hydrogen) atoms. The van der Waals surface area contributed by atoms with Gasteiger partial charge in [0.25, 0.3) is 5.69 Å². The molecule has 118 valence electrons. The van der Waals surface area contributed by atoms with Crippen molar-refractivity contribution in [2.45, 2.75) is 6.42 Å². The van der Waals surface area contributed by atoms with Crippen LogP contribution < -0.4 is 5.43 Å². The normalized spacial score (nSPS) is 10.6. The summed E-state index contributed by atoms with van der Waals surface area (Å²) in [5, 5.41) is 32.7. The van der Waals surface area contributed by atoms with Gasteiger partial charge in [0.1, 0.15) is 0 Å². The van der Waals surface area contributed by atoms with Gasteiger partial charge in [-0.1, -0.05) is 12.1 Å². The Morgan fingerprint density at radius 2 is 1.87 bits per heavy atom. The zero-order valence-electron chi connectivity index (χ0n) is 11.8. The molecule has 0 aliphatic rings. The predicted molar refractivity (Wildman–Crippen MR) is 82.3 cm³/mol. The second-order valence-electron chi connectivity index (χ2n) is 4.64. The standard InChI is InChI=1S/C15H13N3O5/c19-13-6-3-11(7-14(13)20)9-16-17-15(21)8-10-1-4-12(5-2-10)18(22)23/h1-7,9,19-20H,8H2,(H,17,21). The SMILES string of the molecule is O=C(Cc1ccc([N+](=O)[O-])cc1)NN=Cc1ccc(O)c(O)c1. The van der Waals surface area contributed by atoms with Crippen molar-refractivity contribution in [2.75, 3.05) is 0 Å². The number of hydrogen-bond acceptors (Lipinski definition) is 6. The van der Waals surface area contributed by atoms with Crippen LogP contribution in [0.25, 0.3) is 0 Å². The number of nitro groups is 1. The minimum absolute atomic E-state index is 0.0240. The number of aromatic hydroxyl groups is 2.